The van der Waals surface area contributed by atoms with Crippen LogP contribution >= 0.6 is 77.4 Å². The van der Waals surface area contributed by atoms with E-state index in [1.807, 2.05) is 30.6 Å². The first-order chi connectivity index (χ1) is 35.2. The van der Waals surface area contributed by atoms with Crippen LogP contribution in [0.5, 0.6) is 46.0 Å². The van der Waals surface area contributed by atoms with Crippen LogP contribution in [0, 0.1) is 47.6 Å². The summed E-state index contributed by atoms with van der Waals surface area (Å²) in [5.41, 5.74) is 10.2. The molecular weight excluding hydrogens is 1230 g/mol. The number of thiophene rings is 6. The van der Waals surface area contributed by atoms with Crippen molar-refractivity contribution in [3.05, 3.63) is 92.9 Å². The summed E-state index contributed by atoms with van der Waals surface area (Å²) in [6.07, 6.45) is 3.85. The van der Waals surface area contributed by atoms with Crippen molar-refractivity contribution >= 4 is 77.4 Å². The van der Waals surface area contributed by atoms with Gasteiger partial charge in [0.2, 0.25) is 0 Å². The minimum absolute atomic E-state index is 0.489. The molecular formula is C54H43ClN2O8PtS6. The first-order valence-electron chi connectivity index (χ1n) is 23.1. The summed E-state index contributed by atoms with van der Waals surface area (Å²) in [7, 11) is 4.61. The van der Waals surface area contributed by atoms with E-state index in [2.05, 4.69) is 81.3 Å². The third-order valence-corrected chi connectivity index (χ3v) is 21.0. The number of aryl methyl sites for hydroxylation is 2. The maximum absolute atomic E-state index is 6.38. The molecule has 10 nitrogen and oxygen atoms in total. The molecule has 4 aliphatic rings. The van der Waals surface area contributed by atoms with Crippen molar-refractivity contribution in [2.75, 3.05) is 52.9 Å². The van der Waals surface area contributed by atoms with Crippen LogP contribution in [0.15, 0.2) is 54.9 Å². The molecule has 8 aromatic heterocycles. The van der Waals surface area contributed by atoms with Gasteiger partial charge in [0.05, 0.1) is 48.8 Å². The summed E-state index contributed by atoms with van der Waals surface area (Å²) < 4.78 is 49.8. The molecule has 0 radical (unpaired) electrons. The van der Waals surface area contributed by atoms with E-state index in [-0.39, 0.29) is 0 Å². The Labute approximate surface area is 455 Å². The van der Waals surface area contributed by atoms with Gasteiger partial charge in [-0.3, -0.25) is 9.97 Å². The molecule has 0 bridgehead atoms. The molecule has 72 heavy (non-hydrogen) atoms. The van der Waals surface area contributed by atoms with Crippen molar-refractivity contribution in [2.45, 2.75) is 41.5 Å². The summed E-state index contributed by atoms with van der Waals surface area (Å²) in [5, 5.41) is 0. The predicted octanol–water partition coefficient (Wildman–Crippen LogP) is 15.6. The SMILES string of the molecule is Cc1sc(-c2sc(-c3sc(-c4ccc(-c5[c-]c(-c6ccc(-c7sc(-c8sc(-c9sc(C)c%10c9OCCO%10)c(C)c8C)c8c7OCCO8)cn6)ccc5)nc4)c4c3OCCO4)c(C)c2C)c2c1OCCO2.[Cl][Pt+]. The van der Waals surface area contributed by atoms with Crippen LogP contribution in [0.1, 0.15) is 32.0 Å². The molecule has 13 rings (SSSR count). The average molecular weight is 1270 g/mol. The van der Waals surface area contributed by atoms with Crippen molar-refractivity contribution in [3.8, 4) is 128 Å². The number of hydrogen-bond acceptors (Lipinski definition) is 16. The Morgan fingerprint density at radius 1 is 0.375 bits per heavy atom. The molecule has 0 spiro atoms. The fourth-order valence-corrected chi connectivity index (χ4v) is 17.1. The van der Waals surface area contributed by atoms with Gasteiger partial charge in [-0.1, -0.05) is 35.4 Å². The number of benzene rings is 1. The monoisotopic (exact) mass is 1270 g/mol. The summed E-state index contributed by atoms with van der Waals surface area (Å²) >= 11 is 12.0. The molecule has 0 fully saturated rings. The number of rotatable bonds is 8. The maximum atomic E-state index is 6.38. The minimum atomic E-state index is 0.489. The number of halogens is 1. The van der Waals surface area contributed by atoms with Crippen molar-refractivity contribution < 1.29 is 56.7 Å². The van der Waals surface area contributed by atoms with Gasteiger partial charge in [0.15, 0.2) is 46.0 Å². The Kier molecular flexibility index (Phi) is 13.2. The average Bonchev–Trinajstić information content (AvgIpc) is 4.28. The van der Waals surface area contributed by atoms with Crippen molar-refractivity contribution in [1.29, 1.82) is 0 Å². The van der Waals surface area contributed by atoms with E-state index in [1.54, 1.807) is 86.8 Å². The Bertz CT molecular complexity index is 3320. The van der Waals surface area contributed by atoms with Crippen LogP contribution in [0.3, 0.4) is 0 Å². The van der Waals surface area contributed by atoms with Gasteiger partial charge in [-0.2, -0.15) is 0 Å². The van der Waals surface area contributed by atoms with Gasteiger partial charge in [0.1, 0.15) is 52.9 Å². The topological polar surface area (TPSA) is 99.6 Å². The molecule has 18 heteroatoms. The summed E-state index contributed by atoms with van der Waals surface area (Å²) in [4.78, 5) is 23.4. The molecule has 0 unspecified atom stereocenters. The Balaban J connectivity index is 0.00000262. The number of nitrogens with zero attached hydrogens (tertiary/aromatic N) is 2. The number of pyridine rings is 2. The summed E-state index contributed by atoms with van der Waals surface area (Å²) in [6.45, 7) is 17.2. The molecule has 9 aromatic rings. The molecule has 0 saturated heterocycles. The third-order valence-electron chi connectivity index (χ3n) is 13.0. The van der Waals surface area contributed by atoms with E-state index < -0.39 is 0 Å². The Morgan fingerprint density at radius 3 is 1.00 bits per heavy atom. The van der Waals surface area contributed by atoms with Gasteiger partial charge in [-0.15, -0.1) is 92.3 Å². The van der Waals surface area contributed by atoms with Gasteiger partial charge in [0, 0.05) is 44.7 Å². The normalized spacial score (nSPS) is 14.3. The van der Waals surface area contributed by atoms with Gasteiger partial charge in [0.25, 0.3) is 0 Å². The number of hydrogen-bond donors (Lipinski definition) is 0. The number of aromatic nitrogens is 2. The zero-order valence-electron chi connectivity index (χ0n) is 39.7. The van der Waals surface area contributed by atoms with E-state index in [1.165, 1.54) is 41.8 Å². The molecule has 0 atom stereocenters. The second-order valence-corrected chi connectivity index (χ2v) is 23.8. The van der Waals surface area contributed by atoms with Gasteiger partial charge in [-0.05, 0) is 63.8 Å². The second kappa shape index (κ2) is 19.7. The van der Waals surface area contributed by atoms with E-state index >= 15 is 0 Å². The van der Waals surface area contributed by atoms with E-state index in [0.717, 1.165) is 119 Å². The molecule has 0 saturated carbocycles. The summed E-state index contributed by atoms with van der Waals surface area (Å²) in [5.74, 6) is 6.60. The molecule has 0 N–H and O–H groups in total. The van der Waals surface area contributed by atoms with Crippen molar-refractivity contribution in [2.24, 2.45) is 0 Å². The number of ether oxygens (including phenoxy) is 8. The standard InChI is InChI=1S/C54H43N2O8S6.ClH.Pt/c1-25-27(3)47(67-45(25)51-39-37(29(5)65-51)57-14-16-59-39)53-43-41(61-18-20-63-43)49(69-53)33-10-12-35(55-23-33)31-8-7-9-32(22-31)36-13-11-34(24-56-36)50-42-44(64-21-19-62-42)54(70-50)48-28(4)26(2)46(68-48)52-40-38(30(6)66-52)58-15-17-60-40;;/h7-13,23-24H,14-21H2,1-6H3;1H;/q-1;;+2/p-1. The van der Waals surface area contributed by atoms with Gasteiger partial charge >= 0.3 is 28.2 Å². The van der Waals surface area contributed by atoms with Crippen molar-refractivity contribution in [3.63, 3.8) is 0 Å². The van der Waals surface area contributed by atoms with Crippen LogP contribution in [-0.4, -0.2) is 62.8 Å². The zero-order valence-corrected chi connectivity index (χ0v) is 47.6. The first-order valence-corrected chi connectivity index (χ1v) is 30.8. The quantitative estimate of drug-likeness (QED) is 0.137. The van der Waals surface area contributed by atoms with E-state index in [4.69, 9.17) is 47.9 Å². The van der Waals surface area contributed by atoms with Gasteiger partial charge in [-0.25, -0.2) is 0 Å². The Morgan fingerprint density at radius 2 is 0.667 bits per heavy atom. The zero-order chi connectivity index (χ0) is 49.4. The van der Waals surface area contributed by atoms with E-state index in [0.29, 0.717) is 52.9 Å². The molecule has 1 aromatic carbocycles. The third kappa shape index (κ3) is 8.16. The van der Waals surface area contributed by atoms with E-state index in [9.17, 15) is 0 Å². The van der Waals surface area contributed by atoms with Crippen molar-refractivity contribution in [1.82, 2.24) is 9.97 Å². The number of fused-ring (bicyclic) bond motifs is 4. The molecule has 4 aliphatic heterocycles. The summed E-state index contributed by atoms with van der Waals surface area (Å²) in [6, 6.07) is 18.0. The molecule has 370 valence electrons. The molecule has 0 aliphatic carbocycles. The van der Waals surface area contributed by atoms with Crippen LogP contribution in [-0.2, 0) is 18.8 Å². The van der Waals surface area contributed by atoms with Crippen LogP contribution in [0.2, 0.25) is 0 Å². The van der Waals surface area contributed by atoms with Crippen LogP contribution < -0.4 is 37.9 Å². The Hall–Kier alpha value is -4.90. The molecule has 0 amide bonds. The predicted molar refractivity (Wildman–Crippen MR) is 290 cm³/mol. The molecule has 12 heterocycles. The van der Waals surface area contributed by atoms with Crippen LogP contribution in [0.4, 0.5) is 0 Å². The fourth-order valence-electron chi connectivity index (χ4n) is 9.27. The van der Waals surface area contributed by atoms with Crippen LogP contribution in [0.25, 0.3) is 82.4 Å². The second-order valence-electron chi connectivity index (χ2n) is 17.3. The van der Waals surface area contributed by atoms with Gasteiger partial charge < -0.3 is 37.9 Å². The first kappa shape index (κ1) is 48.1. The fraction of sp³-hybridized carbons (Fsp3) is 0.259.